The number of carbonyl (C=O) groups is 1. The predicted octanol–water partition coefficient (Wildman–Crippen LogP) is 2.45. The van der Waals surface area contributed by atoms with Crippen molar-refractivity contribution in [2.24, 2.45) is 0 Å². The van der Waals surface area contributed by atoms with Crippen LogP contribution in [0.3, 0.4) is 0 Å². The standard InChI is InChI=1S/C14H21N3OS/c1-10-7-11(8-12(15-3)17-10)13(18)16-9-14(2)5-4-6-19-14/h7-8H,4-6,9H2,1-3H3,(H,15,17)(H,16,18). The van der Waals surface area contributed by atoms with Gasteiger partial charge in [-0.2, -0.15) is 11.8 Å². The molecule has 0 spiro atoms. The van der Waals surface area contributed by atoms with E-state index in [2.05, 4.69) is 22.5 Å². The number of aryl methyl sites for hydroxylation is 1. The zero-order valence-corrected chi connectivity index (χ0v) is 12.6. The number of hydrogen-bond donors (Lipinski definition) is 2. The van der Waals surface area contributed by atoms with Gasteiger partial charge in [0.25, 0.3) is 5.91 Å². The molecule has 2 N–H and O–H groups in total. The maximum atomic E-state index is 12.2. The van der Waals surface area contributed by atoms with Gasteiger partial charge in [-0.25, -0.2) is 4.98 Å². The second-order valence-corrected chi connectivity index (χ2v) is 6.90. The number of hydrogen-bond acceptors (Lipinski definition) is 4. The summed E-state index contributed by atoms with van der Waals surface area (Å²) >= 11 is 1.95. The highest BCUT2D eigenvalue weighted by Gasteiger charge is 2.29. The molecule has 1 aromatic rings. The fourth-order valence-electron chi connectivity index (χ4n) is 2.27. The molecule has 1 aromatic heterocycles. The average Bonchev–Trinajstić information content (AvgIpc) is 2.82. The number of anilines is 1. The van der Waals surface area contributed by atoms with E-state index in [4.69, 9.17) is 0 Å². The van der Waals surface area contributed by atoms with Crippen LogP contribution in [0.25, 0.3) is 0 Å². The SMILES string of the molecule is CNc1cc(C(=O)NCC2(C)CCCS2)cc(C)n1. The number of amides is 1. The Labute approximate surface area is 118 Å². The van der Waals surface area contributed by atoms with Crippen molar-refractivity contribution < 1.29 is 4.79 Å². The summed E-state index contributed by atoms with van der Waals surface area (Å²) in [4.78, 5) is 16.5. The Morgan fingerprint density at radius 1 is 1.53 bits per heavy atom. The summed E-state index contributed by atoms with van der Waals surface area (Å²) < 4.78 is 0.198. The van der Waals surface area contributed by atoms with Gasteiger partial charge >= 0.3 is 0 Å². The van der Waals surface area contributed by atoms with Crippen molar-refractivity contribution in [2.45, 2.75) is 31.4 Å². The Bertz CT molecular complexity index is 470. The van der Waals surface area contributed by atoms with Gasteiger partial charge in [0.1, 0.15) is 5.82 Å². The fraction of sp³-hybridized carbons (Fsp3) is 0.571. The predicted molar refractivity (Wildman–Crippen MR) is 81.0 cm³/mol. The highest BCUT2D eigenvalue weighted by Crippen LogP contribution is 2.36. The summed E-state index contributed by atoms with van der Waals surface area (Å²) in [5, 5.41) is 6.02. The third-order valence-corrected chi connectivity index (χ3v) is 4.93. The normalized spacial score (nSPS) is 22.3. The topological polar surface area (TPSA) is 54.0 Å². The highest BCUT2D eigenvalue weighted by atomic mass is 32.2. The summed E-state index contributed by atoms with van der Waals surface area (Å²) in [6.07, 6.45) is 2.42. The van der Waals surface area contributed by atoms with Gasteiger partial charge in [0, 0.05) is 29.6 Å². The van der Waals surface area contributed by atoms with E-state index < -0.39 is 0 Å². The van der Waals surface area contributed by atoms with Crippen LogP contribution in [0.1, 0.15) is 35.8 Å². The van der Waals surface area contributed by atoms with E-state index in [-0.39, 0.29) is 10.7 Å². The van der Waals surface area contributed by atoms with E-state index in [0.29, 0.717) is 5.56 Å². The molecule has 1 aliphatic rings. The Kier molecular flexibility index (Phi) is 4.34. The minimum absolute atomic E-state index is 0.0178. The van der Waals surface area contributed by atoms with Gasteiger partial charge in [-0.1, -0.05) is 0 Å². The molecule has 0 aromatic carbocycles. The van der Waals surface area contributed by atoms with Gasteiger partial charge in [0.05, 0.1) is 0 Å². The minimum atomic E-state index is -0.0178. The number of nitrogens with zero attached hydrogens (tertiary/aromatic N) is 1. The van der Waals surface area contributed by atoms with Crippen LogP contribution in [0.2, 0.25) is 0 Å². The zero-order valence-electron chi connectivity index (χ0n) is 11.7. The molecule has 1 fully saturated rings. The molecule has 0 radical (unpaired) electrons. The first-order valence-electron chi connectivity index (χ1n) is 6.61. The summed E-state index contributed by atoms with van der Waals surface area (Å²) in [7, 11) is 1.81. The van der Waals surface area contributed by atoms with Crippen LogP contribution in [0.5, 0.6) is 0 Å². The van der Waals surface area contributed by atoms with Crippen LogP contribution in [-0.2, 0) is 0 Å². The Morgan fingerprint density at radius 3 is 2.95 bits per heavy atom. The van der Waals surface area contributed by atoms with Crippen LogP contribution < -0.4 is 10.6 Å². The van der Waals surface area contributed by atoms with Crippen molar-refractivity contribution in [2.75, 3.05) is 24.7 Å². The number of carbonyl (C=O) groups excluding carboxylic acids is 1. The molecule has 4 nitrogen and oxygen atoms in total. The van der Waals surface area contributed by atoms with Gasteiger partial charge in [-0.3, -0.25) is 4.79 Å². The van der Waals surface area contributed by atoms with Crippen molar-refractivity contribution >= 4 is 23.5 Å². The number of thioether (sulfide) groups is 1. The Balaban J connectivity index is 2.01. The molecular formula is C14H21N3OS. The van der Waals surface area contributed by atoms with Crippen LogP contribution in [0.4, 0.5) is 5.82 Å². The van der Waals surface area contributed by atoms with Crippen molar-refractivity contribution in [1.82, 2.24) is 10.3 Å². The van der Waals surface area contributed by atoms with Crippen molar-refractivity contribution in [3.63, 3.8) is 0 Å². The maximum absolute atomic E-state index is 12.2. The second kappa shape index (κ2) is 5.82. The molecule has 104 valence electrons. The molecule has 1 unspecified atom stereocenters. The van der Waals surface area contributed by atoms with E-state index in [1.54, 1.807) is 13.1 Å². The molecule has 0 bridgehead atoms. The van der Waals surface area contributed by atoms with E-state index in [1.807, 2.05) is 24.8 Å². The lowest BCUT2D eigenvalue weighted by Crippen LogP contribution is -2.36. The average molecular weight is 279 g/mol. The Morgan fingerprint density at radius 2 is 2.32 bits per heavy atom. The van der Waals surface area contributed by atoms with Gasteiger partial charge in [-0.05, 0) is 44.6 Å². The second-order valence-electron chi connectivity index (χ2n) is 5.22. The maximum Gasteiger partial charge on any atom is 0.251 e. The first-order valence-corrected chi connectivity index (χ1v) is 7.60. The van der Waals surface area contributed by atoms with Crippen molar-refractivity contribution in [3.8, 4) is 0 Å². The van der Waals surface area contributed by atoms with Crippen LogP contribution in [-0.4, -0.2) is 35.0 Å². The van der Waals surface area contributed by atoms with Gasteiger partial charge in [-0.15, -0.1) is 0 Å². The van der Waals surface area contributed by atoms with Gasteiger partial charge in [0.15, 0.2) is 0 Å². The third kappa shape index (κ3) is 3.62. The summed E-state index contributed by atoms with van der Waals surface area (Å²) in [5.74, 6) is 1.91. The van der Waals surface area contributed by atoms with Crippen molar-refractivity contribution in [3.05, 3.63) is 23.4 Å². The van der Waals surface area contributed by atoms with E-state index in [9.17, 15) is 4.79 Å². The quantitative estimate of drug-likeness (QED) is 0.889. The number of aromatic nitrogens is 1. The first kappa shape index (κ1) is 14.2. The molecular weight excluding hydrogens is 258 g/mol. The lowest BCUT2D eigenvalue weighted by molar-refractivity contribution is 0.0950. The smallest absolute Gasteiger partial charge is 0.251 e. The number of pyridine rings is 1. The van der Waals surface area contributed by atoms with Crippen LogP contribution in [0, 0.1) is 6.92 Å². The van der Waals surface area contributed by atoms with Gasteiger partial charge < -0.3 is 10.6 Å². The Hall–Kier alpha value is -1.23. The molecule has 1 amide bonds. The molecule has 1 saturated heterocycles. The molecule has 2 heterocycles. The van der Waals surface area contributed by atoms with Gasteiger partial charge in [0.2, 0.25) is 0 Å². The van der Waals surface area contributed by atoms with E-state index in [0.717, 1.165) is 18.1 Å². The fourth-order valence-corrected chi connectivity index (χ4v) is 3.52. The van der Waals surface area contributed by atoms with E-state index in [1.165, 1.54) is 18.6 Å². The molecule has 19 heavy (non-hydrogen) atoms. The number of rotatable bonds is 4. The molecule has 2 rings (SSSR count). The summed E-state index contributed by atoms with van der Waals surface area (Å²) in [6.45, 7) is 4.85. The van der Waals surface area contributed by atoms with Crippen LogP contribution in [0.15, 0.2) is 12.1 Å². The molecule has 0 aliphatic carbocycles. The molecule has 5 heteroatoms. The largest absolute Gasteiger partial charge is 0.373 e. The first-order chi connectivity index (χ1) is 9.02. The zero-order chi connectivity index (χ0) is 13.9. The molecule has 1 atom stereocenters. The molecule has 1 aliphatic heterocycles. The lowest BCUT2D eigenvalue weighted by Gasteiger charge is -2.22. The summed E-state index contributed by atoms with van der Waals surface area (Å²) in [5.41, 5.74) is 1.52. The lowest BCUT2D eigenvalue weighted by atomic mass is 10.1. The number of nitrogens with one attached hydrogen (secondary N) is 2. The van der Waals surface area contributed by atoms with Crippen molar-refractivity contribution in [1.29, 1.82) is 0 Å². The van der Waals surface area contributed by atoms with E-state index >= 15 is 0 Å². The third-order valence-electron chi connectivity index (χ3n) is 3.40. The minimum Gasteiger partial charge on any atom is -0.373 e. The molecule has 0 saturated carbocycles. The highest BCUT2D eigenvalue weighted by molar-refractivity contribution is 8.00. The van der Waals surface area contributed by atoms with Crippen LogP contribution >= 0.6 is 11.8 Å². The monoisotopic (exact) mass is 279 g/mol. The summed E-state index contributed by atoms with van der Waals surface area (Å²) in [6, 6.07) is 3.60.